The standard InChI is InChI=1S/2C28H22Cl2/c1-27(2)19-8-6-10-24(30)26(19)18-14-21-17(13-22(18)27)25-16-7-5-9-23(29)15(16)11-12-20(25)28(21,3)4;1-27(2)19-9-6-10-24(30)26(19)18-14-21-17(13-22(18)27)15-7-5-8-16-23(29)12-11-20(25(15)16)28(21,3)4/h2*5-14H,1-4H3. The molecule has 296 valence electrons. The van der Waals surface area contributed by atoms with Crippen LogP contribution < -0.4 is 0 Å². The maximum absolute atomic E-state index is 6.73. The molecule has 60 heavy (non-hydrogen) atoms. The van der Waals surface area contributed by atoms with Gasteiger partial charge in [-0.1, -0.05) is 175 Å². The zero-order valence-corrected chi connectivity index (χ0v) is 38.1. The Bertz CT molecular complexity index is 3230. The maximum atomic E-state index is 6.73. The van der Waals surface area contributed by atoms with Crippen LogP contribution >= 0.6 is 46.4 Å². The molecule has 0 radical (unpaired) electrons. The number of fused-ring (bicyclic) bond motifs is 13. The van der Waals surface area contributed by atoms with Crippen molar-refractivity contribution in [1.82, 2.24) is 0 Å². The molecule has 0 bridgehead atoms. The van der Waals surface area contributed by atoms with E-state index in [9.17, 15) is 0 Å². The molecule has 0 saturated heterocycles. The summed E-state index contributed by atoms with van der Waals surface area (Å²) in [6, 6.07) is 43.7. The third-order valence-electron chi connectivity index (χ3n) is 14.8. The molecule has 0 unspecified atom stereocenters. The van der Waals surface area contributed by atoms with Crippen LogP contribution in [0.1, 0.15) is 99.9 Å². The van der Waals surface area contributed by atoms with Gasteiger partial charge < -0.3 is 0 Å². The SMILES string of the molecule is CC1(C)c2cc3c(cc2-c2c(Cl)cccc21)C(C)(C)c1ccc(Cl)c2cccc-3c12.CC1(C)c2cc3c(cc2-c2c(Cl)cccc21)C(C)(C)c1ccc2c(Cl)cccc2c1-3. The molecule has 0 atom stereocenters. The molecule has 12 rings (SSSR count). The van der Waals surface area contributed by atoms with Gasteiger partial charge in [0.15, 0.2) is 0 Å². The molecule has 0 amide bonds. The number of rotatable bonds is 0. The van der Waals surface area contributed by atoms with Gasteiger partial charge in [0.1, 0.15) is 0 Å². The summed E-state index contributed by atoms with van der Waals surface area (Å²) in [6.45, 7) is 18.5. The van der Waals surface area contributed by atoms with E-state index in [1.54, 1.807) is 0 Å². The molecule has 0 heterocycles. The first-order chi connectivity index (χ1) is 28.5. The van der Waals surface area contributed by atoms with Crippen LogP contribution in [0.3, 0.4) is 0 Å². The molecule has 0 saturated carbocycles. The second-order valence-electron chi connectivity index (χ2n) is 19.4. The molecule has 0 aliphatic heterocycles. The van der Waals surface area contributed by atoms with Gasteiger partial charge in [-0.05, 0) is 137 Å². The lowest BCUT2D eigenvalue weighted by Gasteiger charge is -2.36. The largest absolute Gasteiger partial charge is 0.0837 e. The van der Waals surface area contributed by atoms with Crippen molar-refractivity contribution in [1.29, 1.82) is 0 Å². The fourth-order valence-corrected chi connectivity index (χ4v) is 12.6. The van der Waals surface area contributed by atoms with Gasteiger partial charge in [0, 0.05) is 63.6 Å². The van der Waals surface area contributed by atoms with Crippen molar-refractivity contribution in [2.75, 3.05) is 0 Å². The van der Waals surface area contributed by atoms with Gasteiger partial charge >= 0.3 is 0 Å². The highest BCUT2D eigenvalue weighted by Crippen LogP contribution is 2.60. The lowest BCUT2D eigenvalue weighted by atomic mass is 9.67. The first kappa shape index (κ1) is 38.4. The van der Waals surface area contributed by atoms with E-state index in [4.69, 9.17) is 46.4 Å². The first-order valence-electron chi connectivity index (χ1n) is 20.9. The van der Waals surface area contributed by atoms with E-state index in [-0.39, 0.29) is 21.7 Å². The molecule has 4 aliphatic rings. The minimum atomic E-state index is -0.129. The van der Waals surface area contributed by atoms with Gasteiger partial charge in [-0.15, -0.1) is 0 Å². The van der Waals surface area contributed by atoms with Crippen molar-refractivity contribution in [2.24, 2.45) is 0 Å². The molecule has 0 spiro atoms. The predicted molar refractivity (Wildman–Crippen MR) is 258 cm³/mol. The number of hydrogen-bond acceptors (Lipinski definition) is 0. The summed E-state index contributed by atoms with van der Waals surface area (Å²) in [5, 5.41) is 8.07. The van der Waals surface area contributed by atoms with Gasteiger partial charge in [0.25, 0.3) is 0 Å². The second-order valence-corrected chi connectivity index (χ2v) is 21.0. The maximum Gasteiger partial charge on any atom is 0.0487 e. The average molecular weight is 859 g/mol. The van der Waals surface area contributed by atoms with Gasteiger partial charge in [0.2, 0.25) is 0 Å². The third-order valence-corrected chi connectivity index (χ3v) is 16.1. The molecule has 0 fully saturated rings. The molecule has 4 aliphatic carbocycles. The Morgan fingerprint density at radius 3 is 1.27 bits per heavy atom. The Hall–Kier alpha value is -4.56. The van der Waals surface area contributed by atoms with Gasteiger partial charge in [0.05, 0.1) is 0 Å². The van der Waals surface area contributed by atoms with Crippen LogP contribution in [0.4, 0.5) is 0 Å². The molecule has 0 N–H and O–H groups in total. The van der Waals surface area contributed by atoms with Crippen molar-refractivity contribution in [3.05, 3.63) is 186 Å². The number of hydrogen-bond donors (Lipinski definition) is 0. The second kappa shape index (κ2) is 12.5. The van der Waals surface area contributed by atoms with Crippen LogP contribution in [0.2, 0.25) is 20.1 Å². The van der Waals surface area contributed by atoms with E-state index >= 15 is 0 Å². The quantitative estimate of drug-likeness (QED) is 0.143. The molecule has 8 aromatic carbocycles. The minimum absolute atomic E-state index is 0.0790. The van der Waals surface area contributed by atoms with E-state index in [0.29, 0.717) is 0 Å². The monoisotopic (exact) mass is 856 g/mol. The summed E-state index contributed by atoms with van der Waals surface area (Å²) >= 11 is 26.6. The molecular formula is C56H44Cl4. The Morgan fingerprint density at radius 1 is 0.283 bits per heavy atom. The summed E-state index contributed by atoms with van der Waals surface area (Å²) in [5.74, 6) is 0. The lowest BCUT2D eigenvalue weighted by molar-refractivity contribution is 0.639. The lowest BCUT2D eigenvalue weighted by Crippen LogP contribution is -2.24. The molecule has 0 nitrogen and oxygen atoms in total. The van der Waals surface area contributed by atoms with Crippen molar-refractivity contribution >= 4 is 67.9 Å². The van der Waals surface area contributed by atoms with Crippen molar-refractivity contribution in [3.8, 4) is 44.5 Å². The minimum Gasteiger partial charge on any atom is -0.0837 e. The van der Waals surface area contributed by atoms with Crippen molar-refractivity contribution in [2.45, 2.75) is 77.0 Å². The normalized spacial score (nSPS) is 16.9. The molecule has 8 aromatic rings. The third kappa shape index (κ3) is 4.89. The fraction of sp³-hybridized carbons (Fsp3) is 0.214. The molecule has 0 aromatic heterocycles. The Morgan fingerprint density at radius 2 is 0.683 bits per heavy atom. The summed E-state index contributed by atoms with van der Waals surface area (Å²) in [6.07, 6.45) is 0. The van der Waals surface area contributed by atoms with E-state index in [0.717, 1.165) is 30.9 Å². The van der Waals surface area contributed by atoms with Crippen LogP contribution in [0, 0.1) is 0 Å². The summed E-state index contributed by atoms with van der Waals surface area (Å²) in [5.41, 5.74) is 20.6. The summed E-state index contributed by atoms with van der Waals surface area (Å²) in [4.78, 5) is 0. The van der Waals surface area contributed by atoms with Crippen molar-refractivity contribution < 1.29 is 0 Å². The van der Waals surface area contributed by atoms with E-state index in [2.05, 4.69) is 152 Å². The average Bonchev–Trinajstić information content (AvgIpc) is 3.69. The predicted octanol–water partition coefficient (Wildman–Crippen LogP) is 17.5. The van der Waals surface area contributed by atoms with Crippen LogP contribution in [-0.4, -0.2) is 0 Å². The summed E-state index contributed by atoms with van der Waals surface area (Å²) in [7, 11) is 0. The Kier molecular flexibility index (Phi) is 8.01. The van der Waals surface area contributed by atoms with Crippen LogP contribution in [0.15, 0.2) is 121 Å². The first-order valence-corrected chi connectivity index (χ1v) is 22.4. The highest BCUT2D eigenvalue weighted by molar-refractivity contribution is 6.37. The Labute approximate surface area is 373 Å². The molecule has 4 heteroatoms. The Balaban J connectivity index is 0.000000136. The zero-order valence-electron chi connectivity index (χ0n) is 35.1. The van der Waals surface area contributed by atoms with Crippen LogP contribution in [0.5, 0.6) is 0 Å². The summed E-state index contributed by atoms with van der Waals surface area (Å²) < 4.78 is 0. The van der Waals surface area contributed by atoms with Crippen LogP contribution in [-0.2, 0) is 21.7 Å². The highest BCUT2D eigenvalue weighted by Gasteiger charge is 2.44. The van der Waals surface area contributed by atoms with Gasteiger partial charge in [-0.3, -0.25) is 0 Å². The van der Waals surface area contributed by atoms with E-state index in [1.165, 1.54) is 99.8 Å². The fourth-order valence-electron chi connectivity index (χ4n) is 11.6. The number of halogens is 4. The van der Waals surface area contributed by atoms with Gasteiger partial charge in [-0.25, -0.2) is 0 Å². The van der Waals surface area contributed by atoms with Crippen LogP contribution in [0.25, 0.3) is 66.1 Å². The smallest absolute Gasteiger partial charge is 0.0487 e. The highest BCUT2D eigenvalue weighted by atomic mass is 35.5. The van der Waals surface area contributed by atoms with E-state index in [1.807, 2.05) is 24.3 Å². The van der Waals surface area contributed by atoms with Crippen molar-refractivity contribution in [3.63, 3.8) is 0 Å². The van der Waals surface area contributed by atoms with E-state index < -0.39 is 0 Å². The van der Waals surface area contributed by atoms with Gasteiger partial charge in [-0.2, -0.15) is 0 Å². The zero-order chi connectivity index (χ0) is 42.0. The topological polar surface area (TPSA) is 0 Å². The molecular weight excluding hydrogens is 814 g/mol. The number of benzene rings is 8.